The molecule has 0 aliphatic heterocycles. The molecule has 0 unspecified atom stereocenters. The number of fused-ring (bicyclic) bond motifs is 3. The van der Waals surface area contributed by atoms with Gasteiger partial charge in [-0.15, -0.1) is 0 Å². The Balaban J connectivity index is 1.86. The molecule has 0 N–H and O–H groups in total. The highest BCUT2D eigenvalue weighted by atomic mass is 15.3. The lowest BCUT2D eigenvalue weighted by Crippen LogP contribution is -2.04. The zero-order valence-electron chi connectivity index (χ0n) is 12.3. The fourth-order valence-electron chi connectivity index (χ4n) is 3.14. The number of aryl methyl sites for hydroxylation is 3. The van der Waals surface area contributed by atoms with E-state index in [0.29, 0.717) is 0 Å². The van der Waals surface area contributed by atoms with E-state index in [0.717, 1.165) is 29.7 Å². The molecule has 0 spiro atoms. The van der Waals surface area contributed by atoms with E-state index >= 15 is 0 Å². The lowest BCUT2D eigenvalue weighted by molar-refractivity contribution is 0.702. The van der Waals surface area contributed by atoms with Crippen LogP contribution in [-0.2, 0) is 12.8 Å². The Morgan fingerprint density at radius 3 is 2.67 bits per heavy atom. The molecule has 3 heteroatoms. The van der Waals surface area contributed by atoms with Crippen LogP contribution in [0.2, 0.25) is 0 Å². The van der Waals surface area contributed by atoms with Gasteiger partial charge in [-0.3, -0.25) is 0 Å². The second-order valence-electron chi connectivity index (χ2n) is 5.96. The van der Waals surface area contributed by atoms with E-state index in [-0.39, 0.29) is 0 Å². The molecule has 0 saturated heterocycles. The molecule has 106 valence electrons. The lowest BCUT2D eigenvalue weighted by Gasteiger charge is -2.06. The number of rotatable bonds is 1. The zero-order valence-corrected chi connectivity index (χ0v) is 12.3. The number of hydrogen-bond donors (Lipinski definition) is 0. The molecule has 2 aromatic heterocycles. The predicted octanol–water partition coefficient (Wildman–Crippen LogP) is 3.97. The second kappa shape index (κ2) is 4.99. The van der Waals surface area contributed by atoms with Gasteiger partial charge in [0.1, 0.15) is 0 Å². The van der Waals surface area contributed by atoms with Gasteiger partial charge in [0.2, 0.25) is 0 Å². The van der Waals surface area contributed by atoms with Crippen LogP contribution >= 0.6 is 0 Å². The summed E-state index contributed by atoms with van der Waals surface area (Å²) in [5, 5.41) is 4.82. The molecule has 0 fully saturated rings. The third kappa shape index (κ3) is 2.23. The average Bonchev–Trinajstić information content (AvgIpc) is 2.79. The summed E-state index contributed by atoms with van der Waals surface area (Å²) in [6.45, 7) is 2.11. The van der Waals surface area contributed by atoms with Crippen LogP contribution in [0.1, 0.15) is 36.1 Å². The van der Waals surface area contributed by atoms with Gasteiger partial charge in [0.15, 0.2) is 5.65 Å². The normalized spacial score (nSPS) is 14.9. The molecule has 0 radical (unpaired) electrons. The van der Waals surface area contributed by atoms with E-state index < -0.39 is 0 Å². The summed E-state index contributed by atoms with van der Waals surface area (Å²) in [6.07, 6.45) is 8.14. The highest BCUT2D eigenvalue weighted by Gasteiger charge is 2.14. The van der Waals surface area contributed by atoms with Gasteiger partial charge in [0, 0.05) is 23.5 Å². The Labute approximate surface area is 124 Å². The first-order valence-electron chi connectivity index (χ1n) is 7.75. The predicted molar refractivity (Wildman–Crippen MR) is 84.4 cm³/mol. The standard InChI is InChI=1S/C18H19N3/c1-13-7-9-14(10-8-13)16-11-18-19-12-15-5-3-2-4-6-17(15)21(18)20-16/h7-12H,2-6H2,1H3. The lowest BCUT2D eigenvalue weighted by atomic mass is 10.1. The van der Waals surface area contributed by atoms with E-state index in [2.05, 4.69) is 53.0 Å². The van der Waals surface area contributed by atoms with Gasteiger partial charge in [-0.2, -0.15) is 5.10 Å². The highest BCUT2D eigenvalue weighted by molar-refractivity contribution is 5.64. The Morgan fingerprint density at radius 1 is 1.00 bits per heavy atom. The van der Waals surface area contributed by atoms with E-state index in [1.54, 1.807) is 0 Å². The topological polar surface area (TPSA) is 30.2 Å². The molecule has 2 heterocycles. The van der Waals surface area contributed by atoms with E-state index in [1.807, 2.05) is 0 Å². The van der Waals surface area contributed by atoms with Crippen molar-refractivity contribution in [3.05, 3.63) is 53.3 Å². The Kier molecular flexibility index (Phi) is 2.99. The SMILES string of the molecule is Cc1ccc(-c2cc3ncc4c(n3n2)CCCCC4)cc1. The molecule has 1 aliphatic rings. The summed E-state index contributed by atoms with van der Waals surface area (Å²) in [7, 11) is 0. The van der Waals surface area contributed by atoms with Gasteiger partial charge in [-0.1, -0.05) is 36.2 Å². The van der Waals surface area contributed by atoms with Gasteiger partial charge in [0.25, 0.3) is 0 Å². The van der Waals surface area contributed by atoms with E-state index in [9.17, 15) is 0 Å². The maximum Gasteiger partial charge on any atom is 0.155 e. The van der Waals surface area contributed by atoms with Crippen LogP contribution in [0.4, 0.5) is 0 Å². The van der Waals surface area contributed by atoms with Crippen LogP contribution in [0.25, 0.3) is 16.9 Å². The van der Waals surface area contributed by atoms with Crippen molar-refractivity contribution in [1.29, 1.82) is 0 Å². The minimum absolute atomic E-state index is 0.964. The third-order valence-electron chi connectivity index (χ3n) is 4.38. The van der Waals surface area contributed by atoms with Crippen LogP contribution in [0.3, 0.4) is 0 Å². The van der Waals surface area contributed by atoms with Gasteiger partial charge < -0.3 is 0 Å². The summed E-state index contributed by atoms with van der Waals surface area (Å²) >= 11 is 0. The maximum absolute atomic E-state index is 4.82. The Bertz CT molecular complexity index is 784. The van der Waals surface area contributed by atoms with E-state index in [1.165, 1.54) is 36.1 Å². The van der Waals surface area contributed by atoms with E-state index in [4.69, 9.17) is 5.10 Å². The molecule has 4 rings (SSSR count). The van der Waals surface area contributed by atoms with Gasteiger partial charge in [-0.25, -0.2) is 9.50 Å². The molecule has 1 aromatic carbocycles. The first kappa shape index (κ1) is 12.6. The summed E-state index contributed by atoms with van der Waals surface area (Å²) in [5.41, 5.74) is 7.14. The molecule has 0 amide bonds. The van der Waals surface area contributed by atoms with Gasteiger partial charge >= 0.3 is 0 Å². The molecule has 0 saturated carbocycles. The van der Waals surface area contributed by atoms with Crippen molar-refractivity contribution < 1.29 is 0 Å². The maximum atomic E-state index is 4.82. The summed E-state index contributed by atoms with van der Waals surface area (Å²) in [5.74, 6) is 0. The summed E-state index contributed by atoms with van der Waals surface area (Å²) in [6, 6.07) is 10.6. The first-order chi connectivity index (χ1) is 10.3. The number of hydrogen-bond acceptors (Lipinski definition) is 2. The molecular formula is C18H19N3. The Hall–Kier alpha value is -2.16. The van der Waals surface area contributed by atoms with Gasteiger partial charge in [0.05, 0.1) is 5.69 Å². The molecule has 3 aromatic rings. The number of benzene rings is 1. The molecule has 0 atom stereocenters. The monoisotopic (exact) mass is 277 g/mol. The molecule has 3 nitrogen and oxygen atoms in total. The van der Waals surface area contributed by atoms with Crippen LogP contribution in [0, 0.1) is 6.92 Å². The van der Waals surface area contributed by atoms with Gasteiger partial charge in [-0.05, 0) is 38.2 Å². The van der Waals surface area contributed by atoms with Crippen molar-refractivity contribution in [2.45, 2.75) is 39.0 Å². The second-order valence-corrected chi connectivity index (χ2v) is 5.96. The number of nitrogens with zero attached hydrogens (tertiary/aromatic N) is 3. The largest absolute Gasteiger partial charge is 0.237 e. The van der Waals surface area contributed by atoms with Crippen LogP contribution in [-0.4, -0.2) is 14.6 Å². The van der Waals surface area contributed by atoms with Crippen molar-refractivity contribution >= 4 is 5.65 Å². The molecular weight excluding hydrogens is 258 g/mol. The van der Waals surface area contributed by atoms with Crippen molar-refractivity contribution in [3.8, 4) is 11.3 Å². The summed E-state index contributed by atoms with van der Waals surface area (Å²) in [4.78, 5) is 4.60. The molecule has 1 aliphatic carbocycles. The minimum atomic E-state index is 0.964. The minimum Gasteiger partial charge on any atom is -0.237 e. The van der Waals surface area contributed by atoms with Crippen molar-refractivity contribution in [2.24, 2.45) is 0 Å². The molecule has 0 bridgehead atoms. The highest BCUT2D eigenvalue weighted by Crippen LogP contribution is 2.24. The number of aromatic nitrogens is 3. The van der Waals surface area contributed by atoms with Crippen LogP contribution in [0.15, 0.2) is 36.5 Å². The quantitative estimate of drug-likeness (QED) is 0.630. The van der Waals surface area contributed by atoms with Crippen LogP contribution < -0.4 is 0 Å². The average molecular weight is 277 g/mol. The molecule has 21 heavy (non-hydrogen) atoms. The van der Waals surface area contributed by atoms with Crippen LogP contribution in [0.5, 0.6) is 0 Å². The third-order valence-corrected chi connectivity index (χ3v) is 4.38. The fourth-order valence-corrected chi connectivity index (χ4v) is 3.14. The Morgan fingerprint density at radius 2 is 1.81 bits per heavy atom. The zero-order chi connectivity index (χ0) is 14.2. The van der Waals surface area contributed by atoms with Crippen molar-refractivity contribution in [1.82, 2.24) is 14.6 Å². The summed E-state index contributed by atoms with van der Waals surface area (Å²) < 4.78 is 2.07. The van der Waals surface area contributed by atoms with Crippen molar-refractivity contribution in [2.75, 3.05) is 0 Å². The van der Waals surface area contributed by atoms with Crippen molar-refractivity contribution in [3.63, 3.8) is 0 Å². The smallest absolute Gasteiger partial charge is 0.155 e. The first-order valence-corrected chi connectivity index (χ1v) is 7.75. The fraction of sp³-hybridized carbons (Fsp3) is 0.333.